The highest BCUT2D eigenvalue weighted by atomic mass is 19.4. The van der Waals surface area contributed by atoms with E-state index in [4.69, 9.17) is 0 Å². The first-order chi connectivity index (χ1) is 17.7. The first-order valence-electron chi connectivity index (χ1n) is 11.3. The molecule has 1 fully saturated rings. The Morgan fingerprint density at radius 3 is 2.13 bits per heavy atom. The number of alkyl halides is 6. The monoisotopic (exact) mass is 540 g/mol. The fourth-order valence-corrected chi connectivity index (χ4v) is 4.50. The second kappa shape index (κ2) is 9.69. The Morgan fingerprint density at radius 1 is 0.921 bits per heavy atom. The molecule has 2 aromatic carbocycles. The predicted molar refractivity (Wildman–Crippen MR) is 117 cm³/mol. The van der Waals surface area contributed by atoms with Gasteiger partial charge in [0.1, 0.15) is 5.78 Å². The molecule has 1 aliphatic heterocycles. The van der Waals surface area contributed by atoms with Gasteiger partial charge in [-0.1, -0.05) is 12.1 Å². The molecule has 1 heterocycles. The minimum Gasteiger partial charge on any atom is -0.352 e. The third kappa shape index (κ3) is 5.31. The fourth-order valence-electron chi connectivity index (χ4n) is 4.50. The van der Waals surface area contributed by atoms with Crippen molar-refractivity contribution in [2.24, 2.45) is 0 Å². The number of ketones is 2. The average molecular weight is 540 g/mol. The normalized spacial score (nSPS) is 18.2. The van der Waals surface area contributed by atoms with Crippen LogP contribution in [0.25, 0.3) is 0 Å². The van der Waals surface area contributed by atoms with Crippen molar-refractivity contribution < 1.29 is 50.3 Å². The molecule has 0 aromatic heterocycles. The molecule has 7 nitrogen and oxygen atoms in total. The maximum atomic E-state index is 13.1. The number of Topliss-reactive ketones (excluding diaryl/α,β-unsaturated/α-hetero) is 2. The highest BCUT2D eigenvalue weighted by Gasteiger charge is 2.45. The van der Waals surface area contributed by atoms with Crippen molar-refractivity contribution in [2.45, 2.75) is 50.6 Å². The van der Waals surface area contributed by atoms with E-state index >= 15 is 0 Å². The van der Waals surface area contributed by atoms with Crippen LogP contribution in [0.1, 0.15) is 62.2 Å². The number of benzene rings is 2. The summed E-state index contributed by atoms with van der Waals surface area (Å²) in [4.78, 5) is 63.0. The number of amides is 3. The first kappa shape index (κ1) is 27.0. The van der Waals surface area contributed by atoms with Gasteiger partial charge in [0.2, 0.25) is 5.91 Å². The van der Waals surface area contributed by atoms with Gasteiger partial charge in [0, 0.05) is 13.0 Å². The van der Waals surface area contributed by atoms with Crippen LogP contribution in [0.4, 0.5) is 26.3 Å². The predicted octanol–water partition coefficient (Wildman–Crippen LogP) is 3.87. The van der Waals surface area contributed by atoms with Crippen molar-refractivity contribution in [1.29, 1.82) is 0 Å². The van der Waals surface area contributed by atoms with Gasteiger partial charge in [0.15, 0.2) is 5.78 Å². The quantitative estimate of drug-likeness (QED) is 0.353. The molecule has 0 bridgehead atoms. The molecule has 1 aliphatic carbocycles. The molecular formula is C25H18F6N2O5. The Labute approximate surface area is 210 Å². The molecule has 200 valence electrons. The summed E-state index contributed by atoms with van der Waals surface area (Å²) >= 11 is 0. The van der Waals surface area contributed by atoms with Crippen LogP contribution in [0.3, 0.4) is 0 Å². The Kier molecular flexibility index (Phi) is 6.89. The minimum atomic E-state index is -5.07. The maximum absolute atomic E-state index is 13.1. The first-order valence-corrected chi connectivity index (χ1v) is 11.3. The molecule has 1 saturated carbocycles. The van der Waals surface area contributed by atoms with Crippen LogP contribution in [-0.2, 0) is 39.7 Å². The van der Waals surface area contributed by atoms with Crippen LogP contribution in [0, 0.1) is 0 Å². The lowest BCUT2D eigenvalue weighted by Gasteiger charge is -2.27. The summed E-state index contributed by atoms with van der Waals surface area (Å²) in [5, 5.41) is 2.34. The SMILES string of the molecule is O=C1CCC(N2C(=O)c3cccc(CNC(=O)Cc4cc(C(F)(F)F)cc(C(F)(F)F)c4)c3C2=O)C(=O)C1. The largest absolute Gasteiger partial charge is 0.416 e. The number of fused-ring (bicyclic) bond motifs is 1. The maximum Gasteiger partial charge on any atom is 0.416 e. The fraction of sp³-hybridized carbons (Fsp3) is 0.320. The van der Waals surface area contributed by atoms with Crippen LogP contribution in [0.5, 0.6) is 0 Å². The van der Waals surface area contributed by atoms with E-state index in [1.54, 1.807) is 0 Å². The van der Waals surface area contributed by atoms with Gasteiger partial charge >= 0.3 is 12.4 Å². The van der Waals surface area contributed by atoms with Crippen molar-refractivity contribution in [2.75, 3.05) is 0 Å². The molecule has 4 rings (SSSR count). The van der Waals surface area contributed by atoms with E-state index < -0.39 is 71.4 Å². The minimum absolute atomic E-state index is 0.00783. The number of nitrogens with one attached hydrogen (secondary N) is 1. The molecule has 38 heavy (non-hydrogen) atoms. The zero-order valence-electron chi connectivity index (χ0n) is 19.3. The van der Waals surface area contributed by atoms with Crippen LogP contribution >= 0.6 is 0 Å². The molecule has 3 amide bonds. The lowest BCUT2D eigenvalue weighted by molar-refractivity contribution is -0.143. The summed E-state index contributed by atoms with van der Waals surface area (Å²) in [5.41, 5.74) is -3.58. The van der Waals surface area contributed by atoms with E-state index in [-0.39, 0.29) is 47.9 Å². The van der Waals surface area contributed by atoms with E-state index in [9.17, 15) is 50.3 Å². The number of nitrogens with zero attached hydrogens (tertiary/aromatic N) is 1. The summed E-state index contributed by atoms with van der Waals surface area (Å²) in [6.45, 7) is -0.364. The topological polar surface area (TPSA) is 101 Å². The van der Waals surface area contributed by atoms with Crippen molar-refractivity contribution in [3.8, 4) is 0 Å². The summed E-state index contributed by atoms with van der Waals surface area (Å²) in [5.74, 6) is -3.33. The van der Waals surface area contributed by atoms with Crippen LogP contribution in [-0.4, -0.2) is 40.2 Å². The summed E-state index contributed by atoms with van der Waals surface area (Å²) < 4.78 is 78.5. The second-order valence-corrected chi connectivity index (χ2v) is 8.92. The van der Waals surface area contributed by atoms with Crippen LogP contribution < -0.4 is 5.32 Å². The van der Waals surface area contributed by atoms with Crippen molar-refractivity contribution >= 4 is 29.3 Å². The molecule has 0 radical (unpaired) electrons. The second-order valence-electron chi connectivity index (χ2n) is 8.92. The highest BCUT2D eigenvalue weighted by Crippen LogP contribution is 2.36. The molecule has 1 atom stereocenters. The van der Waals surface area contributed by atoms with Crippen molar-refractivity contribution in [1.82, 2.24) is 10.2 Å². The number of rotatable bonds is 5. The molecule has 13 heteroatoms. The van der Waals surface area contributed by atoms with E-state index in [0.29, 0.717) is 12.1 Å². The smallest absolute Gasteiger partial charge is 0.352 e. The number of carbonyl (C=O) groups is 5. The summed E-state index contributed by atoms with van der Waals surface area (Å²) in [6, 6.07) is 3.92. The Morgan fingerprint density at radius 2 is 1.55 bits per heavy atom. The lowest BCUT2D eigenvalue weighted by atomic mass is 9.92. The molecule has 0 spiro atoms. The third-order valence-electron chi connectivity index (χ3n) is 6.27. The molecular weight excluding hydrogens is 522 g/mol. The number of imide groups is 1. The van der Waals surface area contributed by atoms with Gasteiger partial charge in [-0.25, -0.2) is 0 Å². The van der Waals surface area contributed by atoms with E-state index in [1.807, 2.05) is 0 Å². The molecule has 0 saturated heterocycles. The van der Waals surface area contributed by atoms with Gasteiger partial charge in [-0.3, -0.25) is 28.9 Å². The summed E-state index contributed by atoms with van der Waals surface area (Å²) in [6.07, 6.45) is -11.3. The van der Waals surface area contributed by atoms with Gasteiger partial charge < -0.3 is 5.32 Å². The highest BCUT2D eigenvalue weighted by molar-refractivity contribution is 6.24. The van der Waals surface area contributed by atoms with Crippen LogP contribution in [0.2, 0.25) is 0 Å². The standard InChI is InChI=1S/C25H18F6N2O5/c26-24(27,28)14-6-12(7-15(9-14)25(29,30)31)8-20(36)32-11-13-2-1-3-17-21(13)23(38)33(22(17)37)18-5-4-16(34)10-19(18)35/h1-3,6-7,9,18H,4-5,8,10-11H2,(H,32,36). The molecule has 1 unspecified atom stereocenters. The number of carbonyl (C=O) groups excluding carboxylic acids is 5. The average Bonchev–Trinajstić information content (AvgIpc) is 3.07. The molecule has 2 aromatic rings. The Balaban J connectivity index is 1.51. The van der Waals surface area contributed by atoms with Gasteiger partial charge in [-0.15, -0.1) is 0 Å². The third-order valence-corrected chi connectivity index (χ3v) is 6.27. The van der Waals surface area contributed by atoms with Gasteiger partial charge in [-0.05, 0) is 41.8 Å². The number of hydrogen-bond donors (Lipinski definition) is 1. The lowest BCUT2D eigenvalue weighted by Crippen LogP contribution is -2.47. The molecule has 2 aliphatic rings. The van der Waals surface area contributed by atoms with Gasteiger partial charge in [-0.2, -0.15) is 26.3 Å². The Hall–Kier alpha value is -4.03. The zero-order valence-corrected chi connectivity index (χ0v) is 19.3. The van der Waals surface area contributed by atoms with Gasteiger partial charge in [0.05, 0.1) is 41.1 Å². The van der Waals surface area contributed by atoms with E-state index in [1.165, 1.54) is 18.2 Å². The number of hydrogen-bond acceptors (Lipinski definition) is 5. The zero-order chi connectivity index (χ0) is 28.0. The van der Waals surface area contributed by atoms with Crippen LogP contribution in [0.15, 0.2) is 36.4 Å². The van der Waals surface area contributed by atoms with E-state index in [0.717, 1.165) is 4.90 Å². The van der Waals surface area contributed by atoms with Gasteiger partial charge in [0.25, 0.3) is 11.8 Å². The van der Waals surface area contributed by atoms with E-state index in [2.05, 4.69) is 5.32 Å². The number of halogens is 6. The summed E-state index contributed by atoms with van der Waals surface area (Å²) in [7, 11) is 0. The van der Waals surface area contributed by atoms with Crippen molar-refractivity contribution in [3.05, 3.63) is 69.8 Å². The van der Waals surface area contributed by atoms with Crippen molar-refractivity contribution in [3.63, 3.8) is 0 Å². The Bertz CT molecular complexity index is 1330. The molecule has 1 N–H and O–H groups in total.